The maximum Gasteiger partial charge on any atom is 0.314 e. The van der Waals surface area contributed by atoms with E-state index in [-0.39, 0.29) is 0 Å². The molecule has 0 heterocycles. The van der Waals surface area contributed by atoms with Gasteiger partial charge < -0.3 is 9.84 Å². The number of carbonyl (C=O) groups is 1. The molecule has 0 spiro atoms. The summed E-state index contributed by atoms with van der Waals surface area (Å²) >= 11 is 6.10. The van der Waals surface area contributed by atoms with Crippen molar-refractivity contribution in [2.75, 3.05) is 7.11 Å². The number of halogens is 1. The fourth-order valence-corrected chi connectivity index (χ4v) is 2.88. The van der Waals surface area contributed by atoms with Crippen molar-refractivity contribution in [2.24, 2.45) is 0 Å². The lowest BCUT2D eigenvalue weighted by Gasteiger charge is -2.39. The lowest BCUT2D eigenvalue weighted by Crippen LogP contribution is -2.42. The Kier molecular flexibility index (Phi) is 3.53. The second-order valence-corrected chi connectivity index (χ2v) is 5.18. The van der Waals surface area contributed by atoms with Crippen molar-refractivity contribution in [1.82, 2.24) is 0 Å². The van der Waals surface area contributed by atoms with Gasteiger partial charge in [0.2, 0.25) is 0 Å². The number of hydrogen-bond acceptors (Lipinski definition) is 2. The summed E-state index contributed by atoms with van der Waals surface area (Å²) in [6, 6.07) is 3.59. The standard InChI is InChI=1S/C14H17ClO3/c1-3-9-7-10(15)8-11(12(9)18-2)14(13(16)17)5-4-6-14/h7-8H,3-6H2,1-2H3,(H,16,17). The Morgan fingerprint density at radius 2 is 2.17 bits per heavy atom. The summed E-state index contributed by atoms with van der Waals surface area (Å²) in [6.07, 6.45) is 3.01. The minimum Gasteiger partial charge on any atom is -0.496 e. The maximum atomic E-state index is 11.6. The van der Waals surface area contributed by atoms with E-state index in [1.54, 1.807) is 13.2 Å². The molecule has 1 aromatic carbocycles. The van der Waals surface area contributed by atoms with Crippen LogP contribution in [0, 0.1) is 0 Å². The molecule has 3 nitrogen and oxygen atoms in total. The van der Waals surface area contributed by atoms with Gasteiger partial charge in [0.05, 0.1) is 12.5 Å². The number of methoxy groups -OCH3 is 1. The molecule has 0 bridgehead atoms. The first-order chi connectivity index (χ1) is 8.55. The number of carboxylic acids is 1. The van der Waals surface area contributed by atoms with Crippen molar-refractivity contribution < 1.29 is 14.6 Å². The molecule has 4 heteroatoms. The zero-order valence-corrected chi connectivity index (χ0v) is 11.4. The van der Waals surface area contributed by atoms with E-state index in [9.17, 15) is 9.90 Å². The molecule has 1 aliphatic rings. The van der Waals surface area contributed by atoms with E-state index < -0.39 is 11.4 Å². The molecule has 2 rings (SSSR count). The molecule has 1 aromatic rings. The SMILES string of the molecule is CCc1cc(Cl)cc(C2(C(=O)O)CCC2)c1OC. The topological polar surface area (TPSA) is 46.5 Å². The van der Waals surface area contributed by atoms with Crippen LogP contribution in [0.3, 0.4) is 0 Å². The summed E-state index contributed by atoms with van der Waals surface area (Å²) in [5.41, 5.74) is 0.890. The van der Waals surface area contributed by atoms with E-state index in [0.29, 0.717) is 23.6 Å². The third-order valence-corrected chi connectivity index (χ3v) is 4.07. The van der Waals surface area contributed by atoms with Gasteiger partial charge in [-0.2, -0.15) is 0 Å². The van der Waals surface area contributed by atoms with Crippen LogP contribution in [0.2, 0.25) is 5.02 Å². The first-order valence-electron chi connectivity index (χ1n) is 6.15. The molecule has 1 N–H and O–H groups in total. The Morgan fingerprint density at radius 3 is 2.56 bits per heavy atom. The summed E-state index contributed by atoms with van der Waals surface area (Å²) in [5, 5.41) is 10.1. The third-order valence-electron chi connectivity index (χ3n) is 3.85. The van der Waals surface area contributed by atoms with E-state index in [4.69, 9.17) is 16.3 Å². The zero-order valence-electron chi connectivity index (χ0n) is 10.6. The van der Waals surface area contributed by atoms with Gasteiger partial charge in [-0.15, -0.1) is 0 Å². The molecule has 0 aliphatic heterocycles. The molecule has 18 heavy (non-hydrogen) atoms. The highest BCUT2D eigenvalue weighted by molar-refractivity contribution is 6.30. The van der Waals surface area contributed by atoms with Crippen LogP contribution in [-0.4, -0.2) is 18.2 Å². The molecule has 1 saturated carbocycles. The number of rotatable bonds is 4. The summed E-state index contributed by atoms with van der Waals surface area (Å²) in [7, 11) is 1.58. The molecule has 98 valence electrons. The fraction of sp³-hybridized carbons (Fsp3) is 0.500. The molecule has 0 saturated heterocycles. The van der Waals surface area contributed by atoms with Crippen molar-refractivity contribution in [1.29, 1.82) is 0 Å². The van der Waals surface area contributed by atoms with Gasteiger partial charge in [-0.05, 0) is 37.0 Å². The van der Waals surface area contributed by atoms with Crippen LogP contribution in [0.1, 0.15) is 37.3 Å². The smallest absolute Gasteiger partial charge is 0.314 e. The van der Waals surface area contributed by atoms with Gasteiger partial charge in [0.25, 0.3) is 0 Å². The van der Waals surface area contributed by atoms with Gasteiger partial charge >= 0.3 is 5.97 Å². The average molecular weight is 269 g/mol. The normalized spacial score (nSPS) is 17.1. The third kappa shape index (κ3) is 1.87. The van der Waals surface area contributed by atoms with Crippen LogP contribution < -0.4 is 4.74 Å². The van der Waals surface area contributed by atoms with Gasteiger partial charge in [-0.1, -0.05) is 24.9 Å². The van der Waals surface area contributed by atoms with Crippen molar-refractivity contribution in [3.8, 4) is 5.75 Å². The lowest BCUT2D eigenvalue weighted by atomic mass is 9.64. The largest absolute Gasteiger partial charge is 0.496 e. The number of aryl methyl sites for hydroxylation is 1. The first-order valence-corrected chi connectivity index (χ1v) is 6.53. The Labute approximate surface area is 112 Å². The van der Waals surface area contributed by atoms with Crippen molar-refractivity contribution in [2.45, 2.75) is 38.0 Å². The van der Waals surface area contributed by atoms with Gasteiger partial charge in [0.1, 0.15) is 5.75 Å². The van der Waals surface area contributed by atoms with Crippen molar-refractivity contribution >= 4 is 17.6 Å². The van der Waals surface area contributed by atoms with Gasteiger partial charge in [0.15, 0.2) is 0 Å². The fourth-order valence-electron chi connectivity index (χ4n) is 2.64. The Morgan fingerprint density at radius 1 is 1.50 bits per heavy atom. The quantitative estimate of drug-likeness (QED) is 0.910. The van der Waals surface area contributed by atoms with Gasteiger partial charge in [-0.25, -0.2) is 0 Å². The van der Waals surface area contributed by atoms with Crippen LogP contribution in [0.25, 0.3) is 0 Å². The molecule has 0 aromatic heterocycles. The minimum absolute atomic E-state index is 0.579. The molecule has 0 atom stereocenters. The van der Waals surface area contributed by atoms with E-state index >= 15 is 0 Å². The molecular weight excluding hydrogens is 252 g/mol. The summed E-state index contributed by atoms with van der Waals surface area (Å²) in [5.74, 6) is -0.0969. The minimum atomic E-state index is -0.805. The number of ether oxygens (including phenoxy) is 1. The van der Waals surface area contributed by atoms with E-state index in [1.807, 2.05) is 13.0 Å². The van der Waals surface area contributed by atoms with Crippen LogP contribution in [0.4, 0.5) is 0 Å². The molecule has 1 aliphatic carbocycles. The van der Waals surface area contributed by atoms with Crippen LogP contribution in [0.15, 0.2) is 12.1 Å². The number of aliphatic carboxylic acids is 1. The molecular formula is C14H17ClO3. The summed E-state index contributed by atoms with van der Waals surface area (Å²) < 4.78 is 5.43. The zero-order chi connectivity index (χ0) is 13.3. The molecule has 1 fully saturated rings. The monoisotopic (exact) mass is 268 g/mol. The van der Waals surface area contributed by atoms with E-state index in [2.05, 4.69) is 0 Å². The molecule has 0 radical (unpaired) electrons. The molecule has 0 amide bonds. The van der Waals surface area contributed by atoms with Crippen LogP contribution in [0.5, 0.6) is 5.75 Å². The van der Waals surface area contributed by atoms with E-state index in [1.165, 1.54) is 0 Å². The van der Waals surface area contributed by atoms with Crippen molar-refractivity contribution in [3.05, 3.63) is 28.3 Å². The average Bonchev–Trinajstić information content (AvgIpc) is 2.26. The Balaban J connectivity index is 2.62. The maximum absolute atomic E-state index is 11.6. The van der Waals surface area contributed by atoms with Crippen LogP contribution in [-0.2, 0) is 16.6 Å². The second-order valence-electron chi connectivity index (χ2n) is 4.74. The Bertz CT molecular complexity index is 478. The highest BCUT2D eigenvalue weighted by Gasteiger charge is 2.48. The summed E-state index contributed by atoms with van der Waals surface area (Å²) in [6.45, 7) is 2.01. The van der Waals surface area contributed by atoms with Gasteiger partial charge in [-0.3, -0.25) is 4.79 Å². The predicted molar refractivity (Wildman–Crippen MR) is 70.5 cm³/mol. The lowest BCUT2D eigenvalue weighted by molar-refractivity contribution is -0.147. The Hall–Kier alpha value is -1.22. The molecule has 0 unspecified atom stereocenters. The van der Waals surface area contributed by atoms with Crippen LogP contribution >= 0.6 is 11.6 Å². The van der Waals surface area contributed by atoms with Crippen molar-refractivity contribution in [3.63, 3.8) is 0 Å². The van der Waals surface area contributed by atoms with E-state index in [0.717, 1.165) is 24.0 Å². The highest BCUT2D eigenvalue weighted by Crippen LogP contribution is 2.49. The highest BCUT2D eigenvalue weighted by atomic mass is 35.5. The second kappa shape index (κ2) is 4.81. The first kappa shape index (κ1) is 13.2. The number of carboxylic acid groups (broad SMARTS) is 1. The van der Waals surface area contributed by atoms with Gasteiger partial charge in [0, 0.05) is 10.6 Å². The summed E-state index contributed by atoms with van der Waals surface area (Å²) in [4.78, 5) is 11.6. The predicted octanol–water partition coefficient (Wildman–Crippen LogP) is 3.42. The number of benzene rings is 1. The number of hydrogen-bond donors (Lipinski definition) is 1.